The normalized spacial score (nSPS) is 8.73. The van der Waals surface area contributed by atoms with E-state index < -0.39 is 0 Å². The van der Waals surface area contributed by atoms with E-state index in [0.29, 0.717) is 11.3 Å². The number of nitrogens with one attached hydrogen (secondary N) is 1. The zero-order valence-electron chi connectivity index (χ0n) is 8.24. The molecule has 1 amide bonds. The van der Waals surface area contributed by atoms with E-state index in [-0.39, 0.29) is 12.3 Å². The lowest BCUT2D eigenvalue weighted by Crippen LogP contribution is -2.11. The van der Waals surface area contributed by atoms with Crippen LogP contribution in [-0.2, 0) is 4.79 Å². The van der Waals surface area contributed by atoms with Crippen molar-refractivity contribution in [3.05, 3.63) is 29.3 Å². The van der Waals surface area contributed by atoms with E-state index in [1.54, 1.807) is 24.3 Å². The average molecular weight is 199 g/mol. The van der Waals surface area contributed by atoms with Crippen molar-refractivity contribution in [2.75, 3.05) is 5.32 Å². The van der Waals surface area contributed by atoms with Gasteiger partial charge in [0, 0.05) is 5.69 Å². The van der Waals surface area contributed by atoms with Crippen molar-refractivity contribution >= 4 is 11.6 Å². The second kappa shape index (κ2) is 4.78. The molecule has 0 atom stereocenters. The third kappa shape index (κ3) is 2.82. The first-order valence-electron chi connectivity index (χ1n) is 4.35. The Kier molecular flexibility index (Phi) is 3.43. The second-order valence-corrected chi connectivity index (χ2v) is 3.02. The topological polar surface area (TPSA) is 76.7 Å². The molecule has 0 bridgehead atoms. The number of hydrogen-bond donors (Lipinski definition) is 1. The number of nitrogens with zero attached hydrogens (tertiary/aromatic N) is 2. The summed E-state index contributed by atoms with van der Waals surface area (Å²) in [6.07, 6.45) is -0.184. The SMILES string of the molecule is Cc1ccc(C#N)cc1NC(=O)CC#N. The van der Waals surface area contributed by atoms with E-state index in [9.17, 15) is 4.79 Å². The molecule has 1 N–H and O–H groups in total. The van der Waals surface area contributed by atoms with Crippen LogP contribution >= 0.6 is 0 Å². The van der Waals surface area contributed by atoms with E-state index in [4.69, 9.17) is 10.5 Å². The molecule has 0 aliphatic carbocycles. The van der Waals surface area contributed by atoms with E-state index in [0.717, 1.165) is 5.56 Å². The molecule has 0 fully saturated rings. The van der Waals surface area contributed by atoms with Crippen LogP contribution in [0.5, 0.6) is 0 Å². The van der Waals surface area contributed by atoms with Crippen LogP contribution in [0.15, 0.2) is 18.2 Å². The molecular formula is C11H9N3O. The van der Waals surface area contributed by atoms with Gasteiger partial charge < -0.3 is 5.32 Å². The van der Waals surface area contributed by atoms with Crippen LogP contribution in [0.1, 0.15) is 17.5 Å². The van der Waals surface area contributed by atoms with Crippen molar-refractivity contribution in [3.8, 4) is 12.1 Å². The Labute approximate surface area is 87.8 Å². The first-order chi connectivity index (χ1) is 7.17. The number of anilines is 1. The van der Waals surface area contributed by atoms with E-state index >= 15 is 0 Å². The summed E-state index contributed by atoms with van der Waals surface area (Å²) in [6, 6.07) is 8.76. The maximum Gasteiger partial charge on any atom is 0.238 e. The lowest BCUT2D eigenvalue weighted by Gasteiger charge is -2.06. The molecule has 4 nitrogen and oxygen atoms in total. The smallest absolute Gasteiger partial charge is 0.238 e. The van der Waals surface area contributed by atoms with Crippen LogP contribution in [0.3, 0.4) is 0 Å². The Morgan fingerprint density at radius 2 is 2.20 bits per heavy atom. The minimum Gasteiger partial charge on any atom is -0.325 e. The number of aryl methyl sites for hydroxylation is 1. The van der Waals surface area contributed by atoms with Gasteiger partial charge in [-0.1, -0.05) is 6.07 Å². The van der Waals surface area contributed by atoms with Gasteiger partial charge >= 0.3 is 0 Å². The van der Waals surface area contributed by atoms with Gasteiger partial charge in [0.25, 0.3) is 0 Å². The molecule has 0 aliphatic heterocycles. The third-order valence-corrected chi connectivity index (χ3v) is 1.88. The second-order valence-electron chi connectivity index (χ2n) is 3.02. The van der Waals surface area contributed by atoms with Crippen molar-refractivity contribution in [1.82, 2.24) is 0 Å². The Bertz CT molecular complexity index is 466. The maximum atomic E-state index is 11.1. The Morgan fingerprint density at radius 1 is 1.47 bits per heavy atom. The van der Waals surface area contributed by atoms with Gasteiger partial charge in [0.2, 0.25) is 5.91 Å². The molecule has 0 heterocycles. The van der Waals surface area contributed by atoms with Gasteiger partial charge in [-0.3, -0.25) is 4.79 Å². The monoisotopic (exact) mass is 199 g/mol. The first-order valence-corrected chi connectivity index (χ1v) is 4.35. The number of nitriles is 2. The summed E-state index contributed by atoms with van der Waals surface area (Å²) in [6.45, 7) is 1.82. The number of rotatable bonds is 2. The highest BCUT2D eigenvalue weighted by molar-refractivity contribution is 5.92. The molecule has 4 heteroatoms. The molecule has 1 rings (SSSR count). The van der Waals surface area contributed by atoms with Crippen LogP contribution in [-0.4, -0.2) is 5.91 Å². The Hall–Kier alpha value is -2.33. The minimum atomic E-state index is -0.365. The first kappa shape index (κ1) is 10.7. The quantitative estimate of drug-likeness (QED) is 0.787. The third-order valence-electron chi connectivity index (χ3n) is 1.88. The lowest BCUT2D eigenvalue weighted by atomic mass is 10.1. The zero-order chi connectivity index (χ0) is 11.3. The summed E-state index contributed by atoms with van der Waals surface area (Å²) in [7, 11) is 0. The molecule has 0 saturated carbocycles. The molecule has 15 heavy (non-hydrogen) atoms. The molecule has 1 aromatic rings. The van der Waals surface area contributed by atoms with Gasteiger partial charge in [0.1, 0.15) is 6.42 Å². The molecular weight excluding hydrogens is 190 g/mol. The van der Waals surface area contributed by atoms with Gasteiger partial charge in [0.15, 0.2) is 0 Å². The summed E-state index contributed by atoms with van der Waals surface area (Å²) < 4.78 is 0. The molecule has 0 saturated heterocycles. The fraction of sp³-hybridized carbons (Fsp3) is 0.182. The predicted octanol–water partition coefficient (Wildman–Crippen LogP) is 1.72. The number of carbonyl (C=O) groups excluding carboxylic acids is 1. The fourth-order valence-corrected chi connectivity index (χ4v) is 1.09. The molecule has 0 radical (unpaired) electrons. The molecule has 0 aliphatic rings. The van der Waals surface area contributed by atoms with Gasteiger partial charge in [-0.2, -0.15) is 10.5 Å². The Morgan fingerprint density at radius 3 is 2.80 bits per heavy atom. The summed E-state index contributed by atoms with van der Waals surface area (Å²) >= 11 is 0. The van der Waals surface area contributed by atoms with Crippen molar-refractivity contribution in [1.29, 1.82) is 10.5 Å². The molecule has 0 unspecified atom stereocenters. The minimum absolute atomic E-state index is 0.184. The summed E-state index contributed by atoms with van der Waals surface area (Å²) in [5.74, 6) is -0.365. The lowest BCUT2D eigenvalue weighted by molar-refractivity contribution is -0.115. The Balaban J connectivity index is 2.90. The van der Waals surface area contributed by atoms with E-state index in [1.165, 1.54) is 0 Å². The van der Waals surface area contributed by atoms with E-state index in [1.807, 2.05) is 13.0 Å². The highest BCUT2D eigenvalue weighted by Gasteiger charge is 2.04. The molecule has 1 aromatic carbocycles. The zero-order valence-corrected chi connectivity index (χ0v) is 8.24. The summed E-state index contributed by atoms with van der Waals surface area (Å²) in [4.78, 5) is 11.1. The molecule has 74 valence electrons. The van der Waals surface area contributed by atoms with Crippen LogP contribution < -0.4 is 5.32 Å². The highest BCUT2D eigenvalue weighted by Crippen LogP contribution is 2.16. The van der Waals surface area contributed by atoms with Crippen LogP contribution in [0, 0.1) is 29.6 Å². The van der Waals surface area contributed by atoms with Crippen LogP contribution in [0.4, 0.5) is 5.69 Å². The number of hydrogen-bond acceptors (Lipinski definition) is 3. The number of benzene rings is 1. The van der Waals surface area contributed by atoms with Gasteiger partial charge in [-0.25, -0.2) is 0 Å². The highest BCUT2D eigenvalue weighted by atomic mass is 16.1. The standard InChI is InChI=1S/C11H9N3O/c1-8-2-3-9(7-13)6-10(8)14-11(15)4-5-12/h2-3,6H,4H2,1H3,(H,14,15). The predicted molar refractivity (Wildman–Crippen MR) is 54.8 cm³/mol. The number of amides is 1. The van der Waals surface area contributed by atoms with E-state index in [2.05, 4.69) is 5.32 Å². The summed E-state index contributed by atoms with van der Waals surface area (Å²) in [5.41, 5.74) is 1.92. The van der Waals surface area contributed by atoms with Gasteiger partial charge in [-0.15, -0.1) is 0 Å². The van der Waals surface area contributed by atoms with Crippen molar-refractivity contribution < 1.29 is 4.79 Å². The fourth-order valence-electron chi connectivity index (χ4n) is 1.09. The van der Waals surface area contributed by atoms with Crippen LogP contribution in [0.2, 0.25) is 0 Å². The van der Waals surface area contributed by atoms with Crippen molar-refractivity contribution in [3.63, 3.8) is 0 Å². The summed E-state index contributed by atoms with van der Waals surface area (Å²) in [5, 5.41) is 19.6. The molecule has 0 spiro atoms. The average Bonchev–Trinajstić information content (AvgIpc) is 2.21. The maximum absolute atomic E-state index is 11.1. The molecule has 0 aromatic heterocycles. The number of carbonyl (C=O) groups is 1. The van der Waals surface area contributed by atoms with Crippen molar-refractivity contribution in [2.45, 2.75) is 13.3 Å². The van der Waals surface area contributed by atoms with Gasteiger partial charge in [0.05, 0.1) is 17.7 Å². The van der Waals surface area contributed by atoms with Crippen LogP contribution in [0.25, 0.3) is 0 Å². The largest absolute Gasteiger partial charge is 0.325 e. The van der Waals surface area contributed by atoms with Gasteiger partial charge in [-0.05, 0) is 24.6 Å². The van der Waals surface area contributed by atoms with Crippen molar-refractivity contribution in [2.24, 2.45) is 0 Å².